The molecule has 1 aliphatic heterocycles. The molecule has 0 bridgehead atoms. The Labute approximate surface area is 211 Å². The van der Waals surface area contributed by atoms with Crippen molar-refractivity contribution in [3.05, 3.63) is 58.8 Å². The van der Waals surface area contributed by atoms with E-state index in [1.54, 1.807) is 19.4 Å². The van der Waals surface area contributed by atoms with E-state index in [9.17, 15) is 18.7 Å². The first kappa shape index (κ1) is 24.7. The van der Waals surface area contributed by atoms with E-state index < -0.39 is 28.7 Å². The lowest BCUT2D eigenvalue weighted by molar-refractivity contribution is -0.187. The van der Waals surface area contributed by atoms with Crippen LogP contribution in [-0.4, -0.2) is 56.2 Å². The van der Waals surface area contributed by atoms with Gasteiger partial charge in [-0.05, 0) is 72.5 Å². The van der Waals surface area contributed by atoms with Crippen LogP contribution in [0.5, 0.6) is 5.75 Å². The van der Waals surface area contributed by atoms with Gasteiger partial charge in [-0.15, -0.1) is 0 Å². The molecule has 4 radical (unpaired) electrons. The number of likely N-dealkylation sites (tertiary alicyclic amines) is 1. The van der Waals surface area contributed by atoms with Crippen LogP contribution in [0, 0.1) is 12.3 Å². The number of hydrogen-bond donors (Lipinski definition) is 3. The Morgan fingerprint density at radius 3 is 2.61 bits per heavy atom. The maximum atomic E-state index is 14.0. The average molecular weight is 489 g/mol. The smallest absolute Gasteiger partial charge is 0.335 e. The molecule has 4 N–H and O–H groups in total. The summed E-state index contributed by atoms with van der Waals surface area (Å²) in [6.07, 6.45) is 2.29. The molecule has 3 aromatic rings. The summed E-state index contributed by atoms with van der Waals surface area (Å²) < 4.78 is 33.7. The van der Waals surface area contributed by atoms with Gasteiger partial charge in [0.05, 0.1) is 28.4 Å². The number of halogens is 2. The van der Waals surface area contributed by atoms with Crippen LogP contribution in [0.25, 0.3) is 10.9 Å². The van der Waals surface area contributed by atoms with Crippen molar-refractivity contribution in [3.8, 4) is 5.75 Å². The maximum absolute atomic E-state index is 14.0. The van der Waals surface area contributed by atoms with Gasteiger partial charge in [-0.3, -0.25) is 0 Å². The van der Waals surface area contributed by atoms with E-state index in [4.69, 9.17) is 26.2 Å². The van der Waals surface area contributed by atoms with Gasteiger partial charge in [0.1, 0.15) is 5.75 Å². The van der Waals surface area contributed by atoms with E-state index in [2.05, 4.69) is 4.98 Å². The molecule has 6 nitrogen and oxygen atoms in total. The number of ether oxygens (including phenoxy) is 1. The number of benzene rings is 2. The molecule has 1 saturated carbocycles. The van der Waals surface area contributed by atoms with Crippen LogP contribution in [0.4, 0.5) is 14.5 Å². The predicted octanol–water partition coefficient (Wildman–Crippen LogP) is 4.47. The van der Waals surface area contributed by atoms with Gasteiger partial charge in [0.25, 0.3) is 0 Å². The number of nitrogens with two attached hydrogens (primary N) is 1. The quantitative estimate of drug-likeness (QED) is 0.364. The highest BCUT2D eigenvalue weighted by Gasteiger charge is 2.59. The molecular weight excluding hydrogens is 462 g/mol. The molecule has 1 aliphatic carbocycles. The van der Waals surface area contributed by atoms with E-state index in [1.165, 1.54) is 12.1 Å². The van der Waals surface area contributed by atoms with Gasteiger partial charge in [0, 0.05) is 47.2 Å². The average Bonchev–Trinajstić information content (AvgIpc) is 3.27. The van der Waals surface area contributed by atoms with E-state index in [1.807, 2.05) is 24.0 Å². The first-order valence-corrected chi connectivity index (χ1v) is 11.9. The number of anilines is 1. The van der Waals surface area contributed by atoms with E-state index in [0.717, 1.165) is 16.5 Å². The van der Waals surface area contributed by atoms with Crippen molar-refractivity contribution in [2.45, 2.75) is 49.9 Å². The molecule has 1 unspecified atom stereocenters. The van der Waals surface area contributed by atoms with Gasteiger partial charge in [-0.25, -0.2) is 13.6 Å². The predicted molar refractivity (Wildman–Crippen MR) is 136 cm³/mol. The second-order valence-electron chi connectivity index (χ2n) is 10.4. The van der Waals surface area contributed by atoms with Crippen LogP contribution in [0.1, 0.15) is 58.8 Å². The molecule has 5 rings (SSSR count). The second-order valence-corrected chi connectivity index (χ2v) is 10.4. The van der Waals surface area contributed by atoms with Crippen LogP contribution >= 0.6 is 0 Å². The fraction of sp³-hybridized carbons (Fsp3) is 0.423. The third kappa shape index (κ3) is 3.86. The number of methoxy groups -OCH3 is 1. The minimum absolute atomic E-state index is 0.0458. The Hall–Kier alpha value is -3.00. The SMILES string of the molecule is [B]C([B])(c1c(OC)cc(C)c2[nH]ccc12)N1CCC2(CC1c1ccc(C(=O)O)cc1N)CC(F)(F)C2. The molecule has 2 fully saturated rings. The largest absolute Gasteiger partial charge is 0.496 e. The van der Waals surface area contributed by atoms with Crippen molar-refractivity contribution in [1.82, 2.24) is 9.88 Å². The zero-order valence-corrected chi connectivity index (χ0v) is 20.3. The van der Waals surface area contributed by atoms with Crippen LogP contribution in [-0.2, 0) is 5.34 Å². The molecule has 2 aromatic carbocycles. The van der Waals surface area contributed by atoms with Gasteiger partial charge in [0.2, 0.25) is 5.92 Å². The zero-order chi connectivity index (χ0) is 26.0. The number of carboxylic acid groups (broad SMARTS) is 1. The highest BCUT2D eigenvalue weighted by Crippen LogP contribution is 2.62. The van der Waals surface area contributed by atoms with Crippen molar-refractivity contribution in [2.75, 3.05) is 19.4 Å². The van der Waals surface area contributed by atoms with Crippen LogP contribution in [0.2, 0.25) is 0 Å². The summed E-state index contributed by atoms with van der Waals surface area (Å²) >= 11 is 0. The number of rotatable bonds is 5. The maximum Gasteiger partial charge on any atom is 0.335 e. The van der Waals surface area contributed by atoms with E-state index in [-0.39, 0.29) is 24.1 Å². The van der Waals surface area contributed by atoms with Crippen LogP contribution in [0.3, 0.4) is 0 Å². The number of alkyl halides is 2. The van der Waals surface area contributed by atoms with Crippen molar-refractivity contribution < 1.29 is 23.4 Å². The minimum Gasteiger partial charge on any atom is -0.496 e. The highest BCUT2D eigenvalue weighted by atomic mass is 19.3. The second kappa shape index (κ2) is 8.26. The molecule has 1 atom stereocenters. The molecule has 184 valence electrons. The fourth-order valence-corrected chi connectivity index (χ4v) is 6.33. The summed E-state index contributed by atoms with van der Waals surface area (Å²) in [5.41, 5.74) is 9.11. The summed E-state index contributed by atoms with van der Waals surface area (Å²) in [5.74, 6) is -3.27. The van der Waals surface area contributed by atoms with Gasteiger partial charge in [-0.1, -0.05) is 6.07 Å². The van der Waals surface area contributed by atoms with Crippen molar-refractivity contribution in [1.29, 1.82) is 0 Å². The first-order valence-electron chi connectivity index (χ1n) is 11.9. The topological polar surface area (TPSA) is 91.6 Å². The Morgan fingerprint density at radius 2 is 2.00 bits per heavy atom. The number of carbonyl (C=O) groups is 1. The standard InChI is InChI=1S/C26H27B2F2N3O3/c1-14-9-20(36-2)21(17-5-7-32-22(14)17)26(27,28)33-8-6-24(12-25(29,30)13-24)11-19(33)16-4-3-15(23(34)35)10-18(16)31/h3-5,7,9-10,19,32H,6,8,11-13,31H2,1-2H3,(H,34,35). The number of H-pyrrole nitrogens is 1. The zero-order valence-electron chi connectivity index (χ0n) is 20.3. The lowest BCUT2D eigenvalue weighted by Crippen LogP contribution is -2.58. The Morgan fingerprint density at radius 1 is 1.28 bits per heavy atom. The normalized spacial score (nSPS) is 21.4. The van der Waals surface area contributed by atoms with Crippen LogP contribution < -0.4 is 10.5 Å². The van der Waals surface area contributed by atoms with Crippen LogP contribution in [0.15, 0.2) is 36.5 Å². The molecule has 1 spiro atoms. The molecule has 10 heteroatoms. The molecule has 1 saturated heterocycles. The van der Waals surface area contributed by atoms with Crippen molar-refractivity contribution >= 4 is 38.3 Å². The van der Waals surface area contributed by atoms with Gasteiger partial charge >= 0.3 is 5.97 Å². The van der Waals surface area contributed by atoms with Gasteiger partial charge in [-0.2, -0.15) is 0 Å². The monoisotopic (exact) mass is 489 g/mol. The van der Waals surface area contributed by atoms with E-state index in [0.29, 0.717) is 36.3 Å². The Balaban J connectivity index is 1.63. The number of aromatic nitrogens is 1. The number of aromatic amines is 1. The summed E-state index contributed by atoms with van der Waals surface area (Å²) in [6, 6.07) is 7.74. The summed E-state index contributed by atoms with van der Waals surface area (Å²) in [7, 11) is 15.4. The molecule has 1 aromatic heterocycles. The molecule has 36 heavy (non-hydrogen) atoms. The minimum atomic E-state index is -2.69. The summed E-state index contributed by atoms with van der Waals surface area (Å²) in [6.45, 7) is 2.31. The molecule has 2 heterocycles. The van der Waals surface area contributed by atoms with Crippen molar-refractivity contribution in [2.24, 2.45) is 5.41 Å². The highest BCUT2D eigenvalue weighted by molar-refractivity contribution is 6.41. The van der Waals surface area contributed by atoms with Crippen molar-refractivity contribution in [3.63, 3.8) is 0 Å². The number of nitrogens with one attached hydrogen (secondary N) is 1. The molecular formula is C26H27B2F2N3O3. The van der Waals surface area contributed by atoms with Gasteiger partial charge in [0.15, 0.2) is 0 Å². The number of nitrogen functional groups attached to an aromatic ring is 1. The Kier molecular flexibility index (Phi) is 5.67. The summed E-state index contributed by atoms with van der Waals surface area (Å²) in [5, 5.41) is 8.64. The third-order valence-electron chi connectivity index (χ3n) is 7.95. The lowest BCUT2D eigenvalue weighted by atomic mass is 9.52. The number of aromatic carboxylic acids is 1. The fourth-order valence-electron chi connectivity index (χ4n) is 6.33. The number of fused-ring (bicyclic) bond motifs is 1. The summed E-state index contributed by atoms with van der Waals surface area (Å²) in [4.78, 5) is 16.6. The lowest BCUT2D eigenvalue weighted by Gasteiger charge is -2.58. The number of carboxylic acids is 1. The Bertz CT molecular complexity index is 1350. The van der Waals surface area contributed by atoms with Gasteiger partial charge < -0.3 is 25.5 Å². The molecule has 2 aliphatic rings. The third-order valence-corrected chi connectivity index (χ3v) is 7.95. The molecule has 0 amide bonds. The number of hydrogen-bond acceptors (Lipinski definition) is 4. The number of aryl methyl sites for hydroxylation is 1. The number of piperidine rings is 1. The van der Waals surface area contributed by atoms with E-state index >= 15 is 0 Å². The first-order chi connectivity index (χ1) is 16.9. The number of nitrogens with zero attached hydrogens (tertiary/aromatic N) is 1.